The maximum atomic E-state index is 12.9. The van der Waals surface area contributed by atoms with E-state index in [4.69, 9.17) is 4.74 Å². The molecule has 2 aromatic carbocycles. The first-order chi connectivity index (χ1) is 14.4. The Bertz CT molecular complexity index is 1040. The third kappa shape index (κ3) is 2.98. The van der Waals surface area contributed by atoms with Crippen LogP contribution in [0.15, 0.2) is 42.5 Å². The van der Waals surface area contributed by atoms with Gasteiger partial charge in [0.1, 0.15) is 6.10 Å². The lowest BCUT2D eigenvalue weighted by molar-refractivity contribution is -0.145. The van der Waals surface area contributed by atoms with Crippen LogP contribution < -0.4 is 10.6 Å². The monoisotopic (exact) mass is 404 g/mol. The lowest BCUT2D eigenvalue weighted by atomic mass is 9.79. The number of hydrogen-bond donors (Lipinski definition) is 2. The summed E-state index contributed by atoms with van der Waals surface area (Å²) in [5.41, 5.74) is 4.07. The number of esters is 1. The fourth-order valence-corrected chi connectivity index (χ4v) is 5.37. The second kappa shape index (κ2) is 6.97. The van der Waals surface area contributed by atoms with Crippen molar-refractivity contribution in [2.75, 3.05) is 10.6 Å². The molecule has 2 aliphatic carbocycles. The van der Waals surface area contributed by atoms with Gasteiger partial charge in [0, 0.05) is 22.9 Å². The highest BCUT2D eigenvalue weighted by Gasteiger charge is 2.63. The Balaban J connectivity index is 1.25. The van der Waals surface area contributed by atoms with E-state index in [1.54, 1.807) is 24.3 Å². The Morgan fingerprint density at radius 1 is 1.00 bits per heavy atom. The van der Waals surface area contributed by atoms with Crippen molar-refractivity contribution in [3.63, 3.8) is 0 Å². The van der Waals surface area contributed by atoms with Gasteiger partial charge in [0.15, 0.2) is 0 Å². The minimum Gasteiger partial charge on any atom is -0.462 e. The fourth-order valence-electron chi connectivity index (χ4n) is 5.37. The smallest absolute Gasteiger partial charge is 0.310 e. The molecule has 5 atom stereocenters. The predicted octanol–water partition coefficient (Wildman–Crippen LogP) is 3.69. The van der Waals surface area contributed by atoms with Crippen LogP contribution in [0.2, 0.25) is 0 Å². The van der Waals surface area contributed by atoms with Crippen molar-refractivity contribution in [2.24, 2.45) is 23.7 Å². The molecule has 1 saturated heterocycles. The molecule has 2 N–H and O–H groups in total. The first-order valence-corrected chi connectivity index (χ1v) is 10.4. The number of rotatable bonds is 4. The van der Waals surface area contributed by atoms with Crippen LogP contribution in [0.5, 0.6) is 0 Å². The van der Waals surface area contributed by atoms with Gasteiger partial charge in [-0.05, 0) is 74.1 Å². The van der Waals surface area contributed by atoms with Crippen molar-refractivity contribution in [3.8, 4) is 0 Å². The third-order valence-corrected chi connectivity index (χ3v) is 7.05. The Labute approximate surface area is 175 Å². The summed E-state index contributed by atoms with van der Waals surface area (Å²) >= 11 is 0. The number of benzene rings is 2. The Hall–Kier alpha value is -3.15. The van der Waals surface area contributed by atoms with Gasteiger partial charge in [0.25, 0.3) is 5.91 Å². The third-order valence-electron chi connectivity index (χ3n) is 7.05. The zero-order chi connectivity index (χ0) is 21.0. The average molecular weight is 404 g/mol. The summed E-state index contributed by atoms with van der Waals surface area (Å²) in [4.78, 5) is 37.6. The predicted molar refractivity (Wildman–Crippen MR) is 112 cm³/mol. The van der Waals surface area contributed by atoms with Gasteiger partial charge >= 0.3 is 5.97 Å². The van der Waals surface area contributed by atoms with Crippen molar-refractivity contribution in [3.05, 3.63) is 59.2 Å². The number of aryl methyl sites for hydroxylation is 1. The molecule has 0 aromatic heterocycles. The van der Waals surface area contributed by atoms with E-state index in [1.165, 1.54) is 0 Å². The summed E-state index contributed by atoms with van der Waals surface area (Å²) in [6, 6.07) is 12.6. The molecule has 30 heavy (non-hydrogen) atoms. The van der Waals surface area contributed by atoms with Gasteiger partial charge in [-0.3, -0.25) is 14.4 Å². The number of fused-ring (bicyclic) bond motifs is 1. The Morgan fingerprint density at radius 3 is 2.53 bits per heavy atom. The number of ether oxygens (including phenoxy) is 1. The SMILES string of the molecule is Cc1cccc(NC(=O)c2ccc(NC(=O)[C@H]3[C@@H]4C[C@H]5[C@@H]3C(=O)O[C@@H]5C4)cc2)c1C. The molecule has 2 saturated carbocycles. The van der Waals surface area contributed by atoms with E-state index in [9.17, 15) is 14.4 Å². The van der Waals surface area contributed by atoms with Crippen LogP contribution in [0.1, 0.15) is 34.3 Å². The minimum absolute atomic E-state index is 0.0198. The molecule has 3 fully saturated rings. The molecule has 5 rings (SSSR count). The van der Waals surface area contributed by atoms with Crippen LogP contribution in [0.4, 0.5) is 11.4 Å². The molecule has 154 valence electrons. The summed E-state index contributed by atoms with van der Waals surface area (Å²) in [5, 5.41) is 5.86. The molecule has 0 radical (unpaired) electrons. The van der Waals surface area contributed by atoms with Crippen LogP contribution in [0.25, 0.3) is 0 Å². The summed E-state index contributed by atoms with van der Waals surface area (Å²) in [7, 11) is 0. The van der Waals surface area contributed by atoms with Crippen LogP contribution in [0, 0.1) is 37.5 Å². The summed E-state index contributed by atoms with van der Waals surface area (Å²) in [6.45, 7) is 3.98. The van der Waals surface area contributed by atoms with E-state index >= 15 is 0 Å². The van der Waals surface area contributed by atoms with Gasteiger partial charge in [-0.1, -0.05) is 12.1 Å². The molecule has 2 amide bonds. The maximum absolute atomic E-state index is 12.9. The van der Waals surface area contributed by atoms with Gasteiger partial charge in [-0.2, -0.15) is 0 Å². The normalized spacial score (nSPS) is 28.3. The minimum atomic E-state index is -0.312. The molecular weight excluding hydrogens is 380 g/mol. The second-order valence-corrected chi connectivity index (χ2v) is 8.69. The number of hydrogen-bond acceptors (Lipinski definition) is 4. The lowest BCUT2D eigenvalue weighted by Gasteiger charge is -2.23. The zero-order valence-electron chi connectivity index (χ0n) is 17.0. The summed E-state index contributed by atoms with van der Waals surface area (Å²) < 4.78 is 5.41. The summed E-state index contributed by atoms with van der Waals surface area (Å²) in [6.07, 6.45) is 1.71. The van der Waals surface area contributed by atoms with Crippen molar-refractivity contribution in [1.29, 1.82) is 0 Å². The topological polar surface area (TPSA) is 84.5 Å². The van der Waals surface area contributed by atoms with E-state index in [-0.39, 0.29) is 47.6 Å². The van der Waals surface area contributed by atoms with Gasteiger partial charge in [-0.15, -0.1) is 0 Å². The van der Waals surface area contributed by atoms with E-state index in [0.29, 0.717) is 11.3 Å². The summed E-state index contributed by atoms with van der Waals surface area (Å²) in [5.74, 6) is -0.728. The second-order valence-electron chi connectivity index (χ2n) is 8.69. The Kier molecular flexibility index (Phi) is 4.38. The molecule has 2 aromatic rings. The number of carbonyl (C=O) groups is 3. The van der Waals surface area contributed by atoms with Crippen molar-refractivity contribution in [1.82, 2.24) is 0 Å². The average Bonchev–Trinajstić information content (AvgIpc) is 3.34. The quantitative estimate of drug-likeness (QED) is 0.761. The molecule has 6 heteroatoms. The standard InChI is InChI=1S/C24H24N2O4/c1-12-4-3-5-18(13(12)2)26-22(27)14-6-8-16(9-7-14)25-23(28)20-15-10-17-19(11-15)30-24(29)21(17)20/h3-9,15,17,19-21H,10-11H2,1-2H3,(H,25,28)(H,26,27)/t15-,17-,19-,20+,21+/m1/s1. The number of amides is 2. The lowest BCUT2D eigenvalue weighted by Crippen LogP contribution is -2.35. The molecule has 2 bridgehead atoms. The molecule has 6 nitrogen and oxygen atoms in total. The van der Waals surface area contributed by atoms with E-state index < -0.39 is 0 Å². The first-order valence-electron chi connectivity index (χ1n) is 10.4. The van der Waals surface area contributed by atoms with Crippen molar-refractivity contribution in [2.45, 2.75) is 32.8 Å². The number of carbonyl (C=O) groups excluding carboxylic acids is 3. The largest absolute Gasteiger partial charge is 0.462 e. The molecule has 3 aliphatic rings. The van der Waals surface area contributed by atoms with Gasteiger partial charge in [0.2, 0.25) is 5.91 Å². The van der Waals surface area contributed by atoms with Crippen molar-refractivity contribution >= 4 is 29.2 Å². The highest BCUT2D eigenvalue weighted by molar-refractivity contribution is 6.05. The number of anilines is 2. The highest BCUT2D eigenvalue weighted by atomic mass is 16.6. The molecule has 1 aliphatic heterocycles. The van der Waals surface area contributed by atoms with Crippen LogP contribution in [0.3, 0.4) is 0 Å². The molecule has 0 unspecified atom stereocenters. The molecular formula is C24H24N2O4. The van der Waals surface area contributed by atoms with Gasteiger partial charge in [0.05, 0.1) is 11.8 Å². The number of nitrogens with one attached hydrogen (secondary N) is 2. The van der Waals surface area contributed by atoms with Gasteiger partial charge < -0.3 is 15.4 Å². The Morgan fingerprint density at radius 2 is 1.77 bits per heavy atom. The highest BCUT2D eigenvalue weighted by Crippen LogP contribution is 2.57. The van der Waals surface area contributed by atoms with Crippen molar-refractivity contribution < 1.29 is 19.1 Å². The van der Waals surface area contributed by atoms with Crippen LogP contribution >= 0.6 is 0 Å². The van der Waals surface area contributed by atoms with Gasteiger partial charge in [-0.25, -0.2) is 0 Å². The fraction of sp³-hybridized carbons (Fsp3) is 0.375. The maximum Gasteiger partial charge on any atom is 0.310 e. The zero-order valence-corrected chi connectivity index (χ0v) is 17.0. The van der Waals surface area contributed by atoms with E-state index in [1.807, 2.05) is 32.0 Å². The molecule has 1 heterocycles. The van der Waals surface area contributed by atoms with Crippen LogP contribution in [-0.2, 0) is 14.3 Å². The van der Waals surface area contributed by atoms with E-state index in [2.05, 4.69) is 10.6 Å². The van der Waals surface area contributed by atoms with E-state index in [0.717, 1.165) is 29.7 Å². The molecule has 0 spiro atoms. The first kappa shape index (κ1) is 18.9. The van der Waals surface area contributed by atoms with Crippen LogP contribution in [-0.4, -0.2) is 23.9 Å².